The summed E-state index contributed by atoms with van der Waals surface area (Å²) < 4.78 is 10.9. The van der Waals surface area contributed by atoms with Gasteiger partial charge in [0.1, 0.15) is 17.0 Å². The van der Waals surface area contributed by atoms with E-state index in [-0.39, 0.29) is 5.15 Å². The second-order valence-electron chi connectivity index (χ2n) is 3.99. The van der Waals surface area contributed by atoms with E-state index in [4.69, 9.17) is 26.3 Å². The van der Waals surface area contributed by atoms with Crippen molar-refractivity contribution in [1.29, 1.82) is 5.26 Å². The molecule has 0 aromatic carbocycles. The van der Waals surface area contributed by atoms with E-state index in [0.717, 1.165) is 26.1 Å². The van der Waals surface area contributed by atoms with E-state index in [0.29, 0.717) is 23.8 Å². The average Bonchev–Trinajstić information content (AvgIpc) is 2.39. The Morgan fingerprint density at radius 3 is 3.00 bits per heavy atom. The molecular weight excluding hydrogens is 240 g/mol. The molecule has 1 aromatic rings. The van der Waals surface area contributed by atoms with Crippen LogP contribution < -0.4 is 4.74 Å². The summed E-state index contributed by atoms with van der Waals surface area (Å²) in [6, 6.07) is 3.60. The van der Waals surface area contributed by atoms with Crippen molar-refractivity contribution >= 4 is 11.6 Å². The van der Waals surface area contributed by atoms with Crippen molar-refractivity contribution in [3.8, 4) is 11.8 Å². The van der Waals surface area contributed by atoms with Gasteiger partial charge in [0, 0.05) is 19.3 Å². The van der Waals surface area contributed by atoms with E-state index < -0.39 is 0 Å². The van der Waals surface area contributed by atoms with Crippen molar-refractivity contribution in [3.05, 3.63) is 23.0 Å². The third kappa shape index (κ3) is 3.32. The molecule has 17 heavy (non-hydrogen) atoms. The average molecular weight is 253 g/mol. The Hall–Kier alpha value is -1.31. The topological polar surface area (TPSA) is 55.1 Å². The van der Waals surface area contributed by atoms with E-state index in [1.807, 2.05) is 6.07 Å². The summed E-state index contributed by atoms with van der Waals surface area (Å²) in [5.41, 5.74) is 0.344. The van der Waals surface area contributed by atoms with E-state index >= 15 is 0 Å². The van der Waals surface area contributed by atoms with Crippen LogP contribution in [-0.2, 0) is 4.74 Å². The lowest BCUT2D eigenvalue weighted by atomic mass is 10.0. The molecule has 1 saturated heterocycles. The van der Waals surface area contributed by atoms with Gasteiger partial charge in [0.15, 0.2) is 0 Å². The first-order valence-corrected chi connectivity index (χ1v) is 5.93. The molecule has 1 aliphatic heterocycles. The fourth-order valence-corrected chi connectivity index (χ4v) is 1.86. The highest BCUT2D eigenvalue weighted by molar-refractivity contribution is 6.30. The van der Waals surface area contributed by atoms with Gasteiger partial charge in [-0.25, -0.2) is 4.98 Å². The summed E-state index contributed by atoms with van der Waals surface area (Å²) in [5, 5.41) is 9.03. The smallest absolute Gasteiger partial charge is 0.147 e. The maximum Gasteiger partial charge on any atom is 0.147 e. The van der Waals surface area contributed by atoms with Crippen molar-refractivity contribution in [1.82, 2.24) is 4.98 Å². The Morgan fingerprint density at radius 1 is 1.53 bits per heavy atom. The number of nitrogens with zero attached hydrogens (tertiary/aromatic N) is 2. The van der Waals surface area contributed by atoms with Crippen LogP contribution in [0.2, 0.25) is 5.15 Å². The second kappa shape index (κ2) is 5.85. The summed E-state index contributed by atoms with van der Waals surface area (Å²) in [6.45, 7) is 2.24. The highest BCUT2D eigenvalue weighted by Gasteiger charge is 2.14. The number of pyridine rings is 1. The molecule has 1 fully saturated rings. The monoisotopic (exact) mass is 252 g/mol. The van der Waals surface area contributed by atoms with Gasteiger partial charge in [0.25, 0.3) is 0 Å². The van der Waals surface area contributed by atoms with Crippen molar-refractivity contribution < 1.29 is 9.47 Å². The zero-order chi connectivity index (χ0) is 12.1. The molecule has 2 heterocycles. The van der Waals surface area contributed by atoms with E-state index in [9.17, 15) is 0 Å². The van der Waals surface area contributed by atoms with Gasteiger partial charge in [-0.15, -0.1) is 0 Å². The molecule has 2 rings (SSSR count). The molecule has 0 aliphatic carbocycles. The lowest BCUT2D eigenvalue weighted by molar-refractivity contribution is 0.0497. The van der Waals surface area contributed by atoms with Crippen LogP contribution in [0.1, 0.15) is 18.4 Å². The van der Waals surface area contributed by atoms with E-state index in [2.05, 4.69) is 4.98 Å². The molecule has 0 saturated carbocycles. The Balaban J connectivity index is 1.92. The van der Waals surface area contributed by atoms with Crippen LogP contribution in [0.3, 0.4) is 0 Å². The summed E-state index contributed by atoms with van der Waals surface area (Å²) in [5.74, 6) is 1.11. The van der Waals surface area contributed by atoms with Crippen molar-refractivity contribution in [3.63, 3.8) is 0 Å². The molecule has 0 bridgehead atoms. The van der Waals surface area contributed by atoms with E-state index in [1.165, 1.54) is 0 Å². The molecule has 90 valence electrons. The minimum atomic E-state index is 0.214. The largest absolute Gasteiger partial charge is 0.492 e. The van der Waals surface area contributed by atoms with Gasteiger partial charge < -0.3 is 9.47 Å². The molecule has 0 radical (unpaired) electrons. The normalized spacial score (nSPS) is 16.5. The lowest BCUT2D eigenvalue weighted by Gasteiger charge is -2.21. The van der Waals surface area contributed by atoms with Gasteiger partial charge in [0.05, 0.1) is 18.4 Å². The summed E-state index contributed by atoms with van der Waals surface area (Å²) in [6.07, 6.45) is 3.58. The molecule has 1 aliphatic rings. The Kier molecular flexibility index (Phi) is 4.18. The zero-order valence-corrected chi connectivity index (χ0v) is 10.1. The van der Waals surface area contributed by atoms with Gasteiger partial charge in [-0.2, -0.15) is 5.26 Å². The standard InChI is InChI=1S/C12H13ClN2O2/c13-12-10(6-14)5-11(7-15-12)17-8-9-1-3-16-4-2-9/h5,7,9H,1-4,8H2. The Labute approximate surface area is 105 Å². The fourth-order valence-electron chi connectivity index (χ4n) is 1.71. The van der Waals surface area contributed by atoms with Gasteiger partial charge >= 0.3 is 0 Å². The van der Waals surface area contributed by atoms with Crippen LogP contribution in [0.15, 0.2) is 12.3 Å². The van der Waals surface area contributed by atoms with Crippen molar-refractivity contribution in [2.45, 2.75) is 12.8 Å². The van der Waals surface area contributed by atoms with Crippen molar-refractivity contribution in [2.75, 3.05) is 19.8 Å². The Bertz CT molecular complexity index is 425. The van der Waals surface area contributed by atoms with Crippen LogP contribution in [0.4, 0.5) is 0 Å². The summed E-state index contributed by atoms with van der Waals surface area (Å²) in [7, 11) is 0. The minimum absolute atomic E-state index is 0.214. The van der Waals surface area contributed by atoms with E-state index in [1.54, 1.807) is 12.3 Å². The molecule has 1 aromatic heterocycles. The second-order valence-corrected chi connectivity index (χ2v) is 4.35. The molecule has 0 N–H and O–H groups in total. The highest BCUT2D eigenvalue weighted by atomic mass is 35.5. The SMILES string of the molecule is N#Cc1cc(OCC2CCOCC2)cnc1Cl. The van der Waals surface area contributed by atoms with Crippen molar-refractivity contribution in [2.24, 2.45) is 5.92 Å². The lowest BCUT2D eigenvalue weighted by Crippen LogP contribution is -2.21. The third-order valence-corrected chi connectivity index (χ3v) is 3.06. The maximum absolute atomic E-state index is 8.81. The van der Waals surface area contributed by atoms with Crippen LogP contribution in [0.5, 0.6) is 5.75 Å². The molecule has 4 nitrogen and oxygen atoms in total. The first-order chi connectivity index (χ1) is 8.29. The number of halogens is 1. The third-order valence-electron chi connectivity index (χ3n) is 2.76. The molecule has 5 heteroatoms. The fraction of sp³-hybridized carbons (Fsp3) is 0.500. The molecule has 0 amide bonds. The van der Waals surface area contributed by atoms with Gasteiger partial charge in [-0.3, -0.25) is 0 Å². The number of hydrogen-bond acceptors (Lipinski definition) is 4. The highest BCUT2D eigenvalue weighted by Crippen LogP contribution is 2.20. The zero-order valence-electron chi connectivity index (χ0n) is 9.36. The number of hydrogen-bond donors (Lipinski definition) is 0. The molecular formula is C12H13ClN2O2. The number of nitriles is 1. The first kappa shape index (κ1) is 12.2. The first-order valence-electron chi connectivity index (χ1n) is 5.56. The quantitative estimate of drug-likeness (QED) is 0.776. The van der Waals surface area contributed by atoms with Gasteiger partial charge in [0.2, 0.25) is 0 Å². The van der Waals surface area contributed by atoms with Crippen LogP contribution in [-0.4, -0.2) is 24.8 Å². The molecule has 0 spiro atoms. The number of ether oxygens (including phenoxy) is 2. The van der Waals surface area contributed by atoms with Gasteiger partial charge in [-0.05, 0) is 18.8 Å². The van der Waals surface area contributed by atoms with Crippen LogP contribution in [0, 0.1) is 17.2 Å². The van der Waals surface area contributed by atoms with Gasteiger partial charge in [-0.1, -0.05) is 11.6 Å². The minimum Gasteiger partial charge on any atom is -0.492 e. The summed E-state index contributed by atoms with van der Waals surface area (Å²) >= 11 is 5.74. The molecule has 0 atom stereocenters. The number of rotatable bonds is 3. The predicted octanol–water partition coefficient (Wildman–Crippen LogP) is 2.41. The Morgan fingerprint density at radius 2 is 2.29 bits per heavy atom. The number of aromatic nitrogens is 1. The van der Waals surface area contributed by atoms with Crippen LogP contribution >= 0.6 is 11.6 Å². The maximum atomic E-state index is 8.81. The van der Waals surface area contributed by atoms with Crippen LogP contribution in [0.25, 0.3) is 0 Å². The summed E-state index contributed by atoms with van der Waals surface area (Å²) in [4.78, 5) is 3.91. The molecule has 0 unspecified atom stereocenters. The predicted molar refractivity (Wildman–Crippen MR) is 63.0 cm³/mol.